The quantitative estimate of drug-likeness (QED) is 0.836. The maximum absolute atomic E-state index is 12.2. The van der Waals surface area contributed by atoms with Crippen molar-refractivity contribution in [2.24, 2.45) is 0 Å². The van der Waals surface area contributed by atoms with E-state index >= 15 is 0 Å². The number of nitrogen functional groups attached to an aromatic ring is 1. The first-order valence-electron chi connectivity index (χ1n) is 5.64. The van der Waals surface area contributed by atoms with Gasteiger partial charge in [-0.2, -0.15) is 13.2 Å². The molecule has 21 heavy (non-hydrogen) atoms. The number of hydrogen-bond donors (Lipinski definition) is 2. The molecule has 1 aromatic heterocycles. The second kappa shape index (κ2) is 5.94. The molecule has 0 bridgehead atoms. The number of aryl methyl sites for hydroxylation is 1. The highest BCUT2D eigenvalue weighted by Gasteiger charge is 2.29. The molecule has 2 rings (SSSR count). The molecule has 0 radical (unpaired) electrons. The number of thiazole rings is 1. The summed E-state index contributed by atoms with van der Waals surface area (Å²) in [6, 6.07) is 5.40. The van der Waals surface area contributed by atoms with E-state index in [4.69, 9.17) is 5.73 Å². The van der Waals surface area contributed by atoms with Gasteiger partial charge in [0.25, 0.3) is 5.91 Å². The van der Waals surface area contributed by atoms with Crippen molar-refractivity contribution in [3.8, 4) is 0 Å². The van der Waals surface area contributed by atoms with Crippen molar-refractivity contribution >= 4 is 39.8 Å². The lowest BCUT2D eigenvalue weighted by Crippen LogP contribution is -2.11. The molecule has 4 nitrogen and oxygen atoms in total. The smallest absolute Gasteiger partial charge is 0.375 e. The SMILES string of the molecule is Cc1nc(N)sc1C(=O)Nc1ccc(SC(F)(F)F)cc1. The molecule has 0 fully saturated rings. The Morgan fingerprint density at radius 3 is 2.43 bits per heavy atom. The van der Waals surface area contributed by atoms with Gasteiger partial charge in [0.15, 0.2) is 5.13 Å². The molecular formula is C12H10F3N3OS2. The van der Waals surface area contributed by atoms with Crippen LogP contribution in [0.2, 0.25) is 0 Å². The molecule has 0 aliphatic heterocycles. The third-order valence-electron chi connectivity index (χ3n) is 2.37. The van der Waals surface area contributed by atoms with Gasteiger partial charge in [-0.1, -0.05) is 11.3 Å². The van der Waals surface area contributed by atoms with Crippen LogP contribution in [0.1, 0.15) is 15.4 Å². The van der Waals surface area contributed by atoms with E-state index in [1.807, 2.05) is 0 Å². The number of benzene rings is 1. The van der Waals surface area contributed by atoms with Crippen molar-refractivity contribution < 1.29 is 18.0 Å². The molecule has 0 saturated heterocycles. The Labute approximate surface area is 126 Å². The van der Waals surface area contributed by atoms with Gasteiger partial charge < -0.3 is 11.1 Å². The molecule has 1 heterocycles. The van der Waals surface area contributed by atoms with Crippen molar-refractivity contribution in [2.45, 2.75) is 17.3 Å². The fourth-order valence-corrected chi connectivity index (χ4v) is 2.82. The lowest BCUT2D eigenvalue weighted by molar-refractivity contribution is -0.0328. The summed E-state index contributed by atoms with van der Waals surface area (Å²) in [5.41, 5.74) is 2.09. The summed E-state index contributed by atoms with van der Waals surface area (Å²) in [5.74, 6) is -0.391. The molecule has 0 saturated carbocycles. The molecule has 3 N–H and O–H groups in total. The second-order valence-electron chi connectivity index (χ2n) is 3.99. The van der Waals surface area contributed by atoms with Gasteiger partial charge in [-0.05, 0) is 43.0 Å². The standard InChI is InChI=1S/C12H10F3N3OS2/c1-6-9(20-11(16)17-6)10(19)18-7-2-4-8(5-3-7)21-12(13,14)15/h2-5H,1H3,(H2,16,17)(H,18,19). The largest absolute Gasteiger partial charge is 0.446 e. The third-order valence-corrected chi connectivity index (χ3v) is 4.09. The topological polar surface area (TPSA) is 68.0 Å². The van der Waals surface area contributed by atoms with Gasteiger partial charge in [0.1, 0.15) is 4.88 Å². The first-order chi connectivity index (χ1) is 9.74. The lowest BCUT2D eigenvalue weighted by Gasteiger charge is -2.07. The van der Waals surface area contributed by atoms with E-state index in [2.05, 4.69) is 10.3 Å². The van der Waals surface area contributed by atoms with Crippen LogP contribution in [-0.4, -0.2) is 16.4 Å². The minimum absolute atomic E-state index is 0.0544. The van der Waals surface area contributed by atoms with Gasteiger partial charge in [-0.25, -0.2) is 4.98 Å². The van der Waals surface area contributed by atoms with E-state index in [-0.39, 0.29) is 21.8 Å². The molecule has 9 heteroatoms. The molecule has 0 aliphatic carbocycles. The number of carbonyl (C=O) groups excluding carboxylic acids is 1. The number of anilines is 2. The molecule has 0 atom stereocenters. The van der Waals surface area contributed by atoms with Gasteiger partial charge in [-0.15, -0.1) is 0 Å². The number of amides is 1. The number of alkyl halides is 3. The van der Waals surface area contributed by atoms with Gasteiger partial charge in [0.2, 0.25) is 0 Å². The molecule has 0 aliphatic rings. The summed E-state index contributed by atoms with van der Waals surface area (Å²) in [5, 5.41) is 2.87. The Bertz CT molecular complexity index is 653. The first-order valence-corrected chi connectivity index (χ1v) is 7.28. The number of halogens is 3. The van der Waals surface area contributed by atoms with Crippen LogP contribution in [0.25, 0.3) is 0 Å². The van der Waals surface area contributed by atoms with Crippen LogP contribution < -0.4 is 11.1 Å². The predicted octanol–water partition coefficient (Wildman–Crippen LogP) is 3.90. The number of rotatable bonds is 3. The van der Waals surface area contributed by atoms with Gasteiger partial charge in [0, 0.05) is 10.6 Å². The van der Waals surface area contributed by atoms with Gasteiger partial charge in [0.05, 0.1) is 5.69 Å². The van der Waals surface area contributed by atoms with Crippen molar-refractivity contribution in [1.29, 1.82) is 0 Å². The van der Waals surface area contributed by atoms with E-state index in [9.17, 15) is 18.0 Å². The third kappa shape index (κ3) is 4.36. The maximum Gasteiger partial charge on any atom is 0.446 e. The van der Waals surface area contributed by atoms with Crippen LogP contribution in [0, 0.1) is 6.92 Å². The van der Waals surface area contributed by atoms with Crippen LogP contribution in [0.4, 0.5) is 24.0 Å². The lowest BCUT2D eigenvalue weighted by atomic mass is 10.3. The number of nitrogens with one attached hydrogen (secondary N) is 1. The number of aromatic nitrogens is 1. The Hall–Kier alpha value is -1.74. The van der Waals surface area contributed by atoms with Crippen LogP contribution in [0.15, 0.2) is 29.2 Å². The molecule has 112 valence electrons. The fraction of sp³-hybridized carbons (Fsp3) is 0.167. The average molecular weight is 333 g/mol. The second-order valence-corrected chi connectivity index (χ2v) is 6.16. The van der Waals surface area contributed by atoms with Crippen LogP contribution in [0.3, 0.4) is 0 Å². The fourth-order valence-electron chi connectivity index (χ4n) is 1.56. The zero-order valence-corrected chi connectivity index (χ0v) is 12.3. The highest BCUT2D eigenvalue weighted by molar-refractivity contribution is 8.00. The molecule has 0 spiro atoms. The first kappa shape index (κ1) is 15.6. The normalized spacial score (nSPS) is 11.4. The number of hydrogen-bond acceptors (Lipinski definition) is 5. The van der Waals surface area contributed by atoms with Gasteiger partial charge in [-0.3, -0.25) is 4.79 Å². The van der Waals surface area contributed by atoms with Crippen molar-refractivity contribution in [3.05, 3.63) is 34.8 Å². The highest BCUT2D eigenvalue weighted by Crippen LogP contribution is 2.37. The van der Waals surface area contributed by atoms with Crippen LogP contribution >= 0.6 is 23.1 Å². The zero-order valence-electron chi connectivity index (χ0n) is 10.7. The van der Waals surface area contributed by atoms with E-state index < -0.39 is 11.4 Å². The Morgan fingerprint density at radius 1 is 1.33 bits per heavy atom. The zero-order chi connectivity index (χ0) is 15.6. The summed E-state index contributed by atoms with van der Waals surface area (Å²) >= 11 is 0.848. The summed E-state index contributed by atoms with van der Waals surface area (Å²) in [6.07, 6.45) is 0. The number of thioether (sulfide) groups is 1. The summed E-state index contributed by atoms with van der Waals surface area (Å²) < 4.78 is 36.6. The minimum atomic E-state index is -4.33. The number of nitrogens with two attached hydrogens (primary N) is 1. The van der Waals surface area contributed by atoms with E-state index in [0.717, 1.165) is 11.3 Å². The van der Waals surface area contributed by atoms with E-state index in [0.29, 0.717) is 16.3 Å². The number of nitrogens with zero attached hydrogens (tertiary/aromatic N) is 1. The van der Waals surface area contributed by atoms with Crippen molar-refractivity contribution in [3.63, 3.8) is 0 Å². The Kier molecular flexibility index (Phi) is 4.43. The Balaban J connectivity index is 2.07. The molecular weight excluding hydrogens is 323 g/mol. The minimum Gasteiger partial charge on any atom is -0.375 e. The van der Waals surface area contributed by atoms with E-state index in [1.54, 1.807) is 6.92 Å². The molecule has 1 aromatic carbocycles. The maximum atomic E-state index is 12.2. The highest BCUT2D eigenvalue weighted by atomic mass is 32.2. The molecule has 2 aromatic rings. The molecule has 0 unspecified atom stereocenters. The average Bonchev–Trinajstić information content (AvgIpc) is 2.69. The predicted molar refractivity (Wildman–Crippen MR) is 77.6 cm³/mol. The van der Waals surface area contributed by atoms with Crippen LogP contribution in [0.5, 0.6) is 0 Å². The molecule has 1 amide bonds. The van der Waals surface area contributed by atoms with Crippen molar-refractivity contribution in [1.82, 2.24) is 4.98 Å². The summed E-state index contributed by atoms with van der Waals surface area (Å²) in [6.45, 7) is 1.66. The van der Waals surface area contributed by atoms with E-state index in [1.165, 1.54) is 24.3 Å². The Morgan fingerprint density at radius 2 is 1.95 bits per heavy atom. The number of carbonyl (C=O) groups is 1. The van der Waals surface area contributed by atoms with Crippen molar-refractivity contribution in [2.75, 3.05) is 11.1 Å². The van der Waals surface area contributed by atoms with Crippen LogP contribution in [-0.2, 0) is 0 Å². The summed E-state index contributed by atoms with van der Waals surface area (Å²) in [4.78, 5) is 16.3. The monoisotopic (exact) mass is 333 g/mol. The van der Waals surface area contributed by atoms with Gasteiger partial charge >= 0.3 is 5.51 Å². The summed E-state index contributed by atoms with van der Waals surface area (Å²) in [7, 11) is 0.